The molecule has 1 N–H and O–H groups in total. The van der Waals surface area contributed by atoms with Crippen LogP contribution in [0.3, 0.4) is 0 Å². The molecular formula is C14H14N2O4S. The number of aliphatic carboxylic acids is 1. The quantitative estimate of drug-likeness (QED) is 0.928. The minimum Gasteiger partial charge on any atom is -0.480 e. The van der Waals surface area contributed by atoms with Crippen molar-refractivity contribution < 1.29 is 19.4 Å². The second kappa shape index (κ2) is 5.09. The van der Waals surface area contributed by atoms with E-state index in [4.69, 9.17) is 9.84 Å². The fraction of sp³-hybridized carbons (Fsp3) is 0.357. The van der Waals surface area contributed by atoms with E-state index in [1.165, 1.54) is 11.3 Å². The van der Waals surface area contributed by atoms with Crippen molar-refractivity contribution >= 4 is 33.4 Å². The molecule has 0 atom stereocenters. The van der Waals surface area contributed by atoms with Gasteiger partial charge in [0.2, 0.25) is 0 Å². The molecule has 1 aliphatic rings. The van der Waals surface area contributed by atoms with Crippen LogP contribution in [0.5, 0.6) is 0 Å². The first-order chi connectivity index (χ1) is 9.97. The zero-order valence-electron chi connectivity index (χ0n) is 11.4. The van der Waals surface area contributed by atoms with Crippen molar-refractivity contribution in [2.24, 2.45) is 0 Å². The van der Waals surface area contributed by atoms with Crippen LogP contribution in [0.1, 0.15) is 17.3 Å². The van der Waals surface area contributed by atoms with Gasteiger partial charge in [-0.2, -0.15) is 0 Å². The van der Waals surface area contributed by atoms with Gasteiger partial charge in [-0.15, -0.1) is 11.3 Å². The van der Waals surface area contributed by atoms with E-state index in [1.807, 2.05) is 19.1 Å². The summed E-state index contributed by atoms with van der Waals surface area (Å²) >= 11 is 1.50. The molecule has 0 aliphatic carbocycles. The third kappa shape index (κ3) is 2.74. The zero-order valence-corrected chi connectivity index (χ0v) is 12.2. The van der Waals surface area contributed by atoms with Crippen molar-refractivity contribution in [2.45, 2.75) is 12.5 Å². The standard InChI is InChI=1S/C14H14N2O4S/c1-14(20-5-12(17)18)6-16(7-14)13(19)9-2-3-10-11(4-9)21-8-15-10/h2-4,8H,5-7H2,1H3,(H,17,18). The molecule has 1 aliphatic heterocycles. The Morgan fingerprint density at radius 3 is 2.95 bits per heavy atom. The predicted octanol–water partition coefficient (Wildman–Crippen LogP) is 1.61. The van der Waals surface area contributed by atoms with Crippen molar-refractivity contribution in [2.75, 3.05) is 19.7 Å². The average molecular weight is 306 g/mol. The lowest BCUT2D eigenvalue weighted by molar-refractivity contribution is -0.159. The molecule has 3 rings (SSSR count). The number of amides is 1. The molecule has 1 saturated heterocycles. The number of carboxylic acids is 1. The number of nitrogens with zero attached hydrogens (tertiary/aromatic N) is 2. The highest BCUT2D eigenvalue weighted by Gasteiger charge is 2.42. The van der Waals surface area contributed by atoms with Crippen molar-refractivity contribution in [3.05, 3.63) is 29.3 Å². The molecular weight excluding hydrogens is 292 g/mol. The topological polar surface area (TPSA) is 79.7 Å². The van der Waals surface area contributed by atoms with Gasteiger partial charge in [0.25, 0.3) is 5.91 Å². The van der Waals surface area contributed by atoms with Gasteiger partial charge in [-0.1, -0.05) is 0 Å². The summed E-state index contributed by atoms with van der Waals surface area (Å²) in [6.45, 7) is 2.27. The van der Waals surface area contributed by atoms with Gasteiger partial charge < -0.3 is 14.7 Å². The van der Waals surface area contributed by atoms with E-state index >= 15 is 0 Å². The molecule has 2 aromatic rings. The molecule has 0 spiro atoms. The summed E-state index contributed by atoms with van der Waals surface area (Å²) in [5, 5.41) is 8.62. The number of thiazole rings is 1. The van der Waals surface area contributed by atoms with E-state index in [1.54, 1.807) is 16.5 Å². The Kier molecular flexibility index (Phi) is 3.38. The number of carbonyl (C=O) groups excluding carboxylic acids is 1. The smallest absolute Gasteiger partial charge is 0.329 e. The molecule has 1 aromatic carbocycles. The molecule has 110 valence electrons. The molecule has 0 bridgehead atoms. The van der Waals surface area contributed by atoms with Gasteiger partial charge >= 0.3 is 5.97 Å². The number of carboxylic acid groups (broad SMARTS) is 1. The Hall–Kier alpha value is -1.99. The van der Waals surface area contributed by atoms with Crippen LogP contribution in [0.25, 0.3) is 10.2 Å². The minimum atomic E-state index is -1.00. The lowest BCUT2D eigenvalue weighted by Gasteiger charge is -2.47. The van der Waals surface area contributed by atoms with E-state index < -0.39 is 11.6 Å². The SMILES string of the molecule is CC1(OCC(=O)O)CN(C(=O)c2ccc3ncsc3c2)C1. The summed E-state index contributed by atoms with van der Waals surface area (Å²) in [6, 6.07) is 5.43. The molecule has 0 radical (unpaired) electrons. The number of fused-ring (bicyclic) bond motifs is 1. The number of likely N-dealkylation sites (tertiary alicyclic amines) is 1. The third-order valence-corrected chi connectivity index (χ3v) is 4.25. The molecule has 0 saturated carbocycles. The van der Waals surface area contributed by atoms with Crippen LogP contribution < -0.4 is 0 Å². The summed E-state index contributed by atoms with van der Waals surface area (Å²) in [6.07, 6.45) is 0. The highest BCUT2D eigenvalue weighted by Crippen LogP contribution is 2.27. The van der Waals surface area contributed by atoms with E-state index in [-0.39, 0.29) is 12.5 Å². The lowest BCUT2D eigenvalue weighted by Crippen LogP contribution is -2.63. The van der Waals surface area contributed by atoms with Gasteiger partial charge in [-0.05, 0) is 25.1 Å². The van der Waals surface area contributed by atoms with Gasteiger partial charge in [0.15, 0.2) is 0 Å². The van der Waals surface area contributed by atoms with Crippen LogP contribution in [-0.2, 0) is 9.53 Å². The molecule has 7 heteroatoms. The Morgan fingerprint density at radius 1 is 1.48 bits per heavy atom. The molecule has 2 heterocycles. The Balaban J connectivity index is 1.66. The minimum absolute atomic E-state index is 0.0679. The van der Waals surface area contributed by atoms with Gasteiger partial charge in [0, 0.05) is 5.56 Å². The molecule has 0 unspecified atom stereocenters. The van der Waals surface area contributed by atoms with Crippen LogP contribution in [-0.4, -0.2) is 52.2 Å². The summed E-state index contributed by atoms with van der Waals surface area (Å²) in [5.74, 6) is -1.07. The van der Waals surface area contributed by atoms with Crippen LogP contribution >= 0.6 is 11.3 Å². The number of carbonyl (C=O) groups is 2. The van der Waals surface area contributed by atoms with E-state index in [2.05, 4.69) is 4.98 Å². The third-order valence-electron chi connectivity index (χ3n) is 3.46. The highest BCUT2D eigenvalue weighted by molar-refractivity contribution is 7.16. The van der Waals surface area contributed by atoms with Gasteiger partial charge in [0.05, 0.1) is 28.8 Å². The normalized spacial score (nSPS) is 16.7. The first kappa shape index (κ1) is 14.0. The number of aromatic nitrogens is 1. The fourth-order valence-electron chi connectivity index (χ4n) is 2.40. The van der Waals surface area contributed by atoms with Crippen LogP contribution in [0, 0.1) is 0 Å². The molecule has 1 aromatic heterocycles. The summed E-state index contributed by atoms with van der Waals surface area (Å²) in [7, 11) is 0. The fourth-order valence-corrected chi connectivity index (χ4v) is 3.12. The summed E-state index contributed by atoms with van der Waals surface area (Å²) < 4.78 is 6.28. The summed E-state index contributed by atoms with van der Waals surface area (Å²) in [4.78, 5) is 28.7. The molecule has 1 amide bonds. The number of benzene rings is 1. The number of ether oxygens (including phenoxy) is 1. The maximum absolute atomic E-state index is 12.4. The monoisotopic (exact) mass is 306 g/mol. The van der Waals surface area contributed by atoms with Gasteiger partial charge in [-0.3, -0.25) is 4.79 Å². The van der Waals surface area contributed by atoms with Crippen LogP contribution in [0.4, 0.5) is 0 Å². The number of hydrogen-bond acceptors (Lipinski definition) is 5. The second-order valence-electron chi connectivity index (χ2n) is 5.33. The second-order valence-corrected chi connectivity index (χ2v) is 6.21. The van der Waals surface area contributed by atoms with Crippen molar-refractivity contribution in [3.8, 4) is 0 Å². The maximum Gasteiger partial charge on any atom is 0.329 e. The van der Waals surface area contributed by atoms with Crippen molar-refractivity contribution in [1.29, 1.82) is 0 Å². The number of hydrogen-bond donors (Lipinski definition) is 1. The maximum atomic E-state index is 12.4. The Morgan fingerprint density at radius 2 is 2.24 bits per heavy atom. The van der Waals surface area contributed by atoms with Crippen molar-refractivity contribution in [1.82, 2.24) is 9.88 Å². The van der Waals surface area contributed by atoms with E-state index in [0.29, 0.717) is 18.7 Å². The molecule has 21 heavy (non-hydrogen) atoms. The first-order valence-electron chi connectivity index (χ1n) is 6.45. The van der Waals surface area contributed by atoms with Crippen LogP contribution in [0.15, 0.2) is 23.7 Å². The highest BCUT2D eigenvalue weighted by atomic mass is 32.1. The average Bonchev–Trinajstić information content (AvgIpc) is 2.88. The molecule has 6 nitrogen and oxygen atoms in total. The molecule has 1 fully saturated rings. The van der Waals surface area contributed by atoms with E-state index in [0.717, 1.165) is 10.2 Å². The number of rotatable bonds is 4. The van der Waals surface area contributed by atoms with Crippen molar-refractivity contribution in [3.63, 3.8) is 0 Å². The Bertz CT molecular complexity index is 706. The largest absolute Gasteiger partial charge is 0.480 e. The van der Waals surface area contributed by atoms with E-state index in [9.17, 15) is 9.59 Å². The lowest BCUT2D eigenvalue weighted by atomic mass is 9.95. The predicted molar refractivity (Wildman–Crippen MR) is 77.5 cm³/mol. The summed E-state index contributed by atoms with van der Waals surface area (Å²) in [5.41, 5.74) is 2.68. The first-order valence-corrected chi connectivity index (χ1v) is 7.33. The zero-order chi connectivity index (χ0) is 15.0. The van der Waals surface area contributed by atoms with Gasteiger partial charge in [0.1, 0.15) is 12.2 Å². The van der Waals surface area contributed by atoms with Gasteiger partial charge in [-0.25, -0.2) is 9.78 Å². The van der Waals surface area contributed by atoms with Crippen LogP contribution in [0.2, 0.25) is 0 Å². The Labute approximate surface area is 125 Å².